The third-order valence-corrected chi connectivity index (χ3v) is 1.91. The van der Waals surface area contributed by atoms with Gasteiger partial charge in [0.1, 0.15) is 4.90 Å². The molecule has 1 aromatic heterocycles. The molecule has 0 aromatic carbocycles. The Morgan fingerprint density at radius 1 is 1.33 bits per heavy atom. The van der Waals surface area contributed by atoms with Crippen LogP contribution in [-0.4, -0.2) is 13.4 Å². The monoisotopic (exact) mass is 197 g/mol. The molecule has 66 valence electrons. The van der Waals surface area contributed by atoms with Gasteiger partial charge in [0.2, 0.25) is 5.95 Å². The molecule has 12 heavy (non-hydrogen) atoms. The predicted molar refractivity (Wildman–Crippen MR) is 32.4 cm³/mol. The minimum Gasteiger partial charge on any atom is -0.226 e. The molecule has 1 rings (SSSR count). The molecular formula is C5H2F3NO2S. The van der Waals surface area contributed by atoms with Crippen LogP contribution in [0.4, 0.5) is 12.7 Å². The van der Waals surface area contributed by atoms with E-state index >= 15 is 0 Å². The van der Waals surface area contributed by atoms with E-state index < -0.39 is 26.9 Å². The van der Waals surface area contributed by atoms with Crippen molar-refractivity contribution >= 4 is 10.2 Å². The summed E-state index contributed by atoms with van der Waals surface area (Å²) in [4.78, 5) is 1.44. The standard InChI is InChI=1S/C5H2F3NO2S/c6-4-3(12(8,10)11)1-2-9-5(4)7/h1-2H. The van der Waals surface area contributed by atoms with E-state index in [1.807, 2.05) is 0 Å². The molecule has 0 aliphatic heterocycles. The van der Waals surface area contributed by atoms with E-state index in [1.54, 1.807) is 0 Å². The van der Waals surface area contributed by atoms with Crippen LogP contribution in [0.1, 0.15) is 0 Å². The summed E-state index contributed by atoms with van der Waals surface area (Å²) < 4.78 is 56.9. The molecule has 0 spiro atoms. The highest BCUT2D eigenvalue weighted by Gasteiger charge is 2.20. The second-order valence-corrected chi connectivity index (χ2v) is 3.17. The number of nitrogens with zero attached hydrogens (tertiary/aromatic N) is 1. The van der Waals surface area contributed by atoms with Gasteiger partial charge in [-0.15, -0.1) is 3.89 Å². The van der Waals surface area contributed by atoms with Crippen molar-refractivity contribution in [3.63, 3.8) is 0 Å². The van der Waals surface area contributed by atoms with E-state index in [-0.39, 0.29) is 0 Å². The van der Waals surface area contributed by atoms with Gasteiger partial charge in [-0.05, 0) is 6.07 Å². The number of halogens is 3. The molecule has 0 aliphatic rings. The number of hydrogen-bond acceptors (Lipinski definition) is 3. The molecule has 3 nitrogen and oxygen atoms in total. The second-order valence-electron chi connectivity index (χ2n) is 1.85. The summed E-state index contributed by atoms with van der Waals surface area (Å²) in [7, 11) is -5.21. The SMILES string of the molecule is O=S(=O)(F)c1ccnc(F)c1F. The third kappa shape index (κ3) is 1.55. The largest absolute Gasteiger partial charge is 0.335 e. The van der Waals surface area contributed by atoms with Crippen molar-refractivity contribution in [3.8, 4) is 0 Å². The summed E-state index contributed by atoms with van der Waals surface area (Å²) in [5.41, 5.74) is 0. The van der Waals surface area contributed by atoms with Crippen LogP contribution in [0.15, 0.2) is 17.2 Å². The lowest BCUT2D eigenvalue weighted by Gasteiger charge is -1.95. The number of aromatic nitrogens is 1. The summed E-state index contributed by atoms with van der Waals surface area (Å²) in [5.74, 6) is -3.45. The minimum atomic E-state index is -5.21. The summed E-state index contributed by atoms with van der Waals surface area (Å²) >= 11 is 0. The van der Waals surface area contributed by atoms with E-state index in [4.69, 9.17) is 0 Å². The average Bonchev–Trinajstić information content (AvgIpc) is 1.92. The van der Waals surface area contributed by atoms with Crippen molar-refractivity contribution in [2.75, 3.05) is 0 Å². The minimum absolute atomic E-state index is 0.535. The van der Waals surface area contributed by atoms with Crippen LogP contribution in [0.3, 0.4) is 0 Å². The first-order chi connectivity index (χ1) is 5.43. The maximum atomic E-state index is 12.4. The number of pyridine rings is 1. The van der Waals surface area contributed by atoms with Gasteiger partial charge < -0.3 is 0 Å². The van der Waals surface area contributed by atoms with Crippen molar-refractivity contribution in [1.29, 1.82) is 0 Å². The highest BCUT2D eigenvalue weighted by atomic mass is 32.3. The normalized spacial score (nSPS) is 11.6. The quantitative estimate of drug-likeness (QED) is 0.498. The molecule has 1 aromatic rings. The Balaban J connectivity index is 3.47. The van der Waals surface area contributed by atoms with Crippen LogP contribution in [0, 0.1) is 11.8 Å². The van der Waals surface area contributed by atoms with Gasteiger partial charge >= 0.3 is 10.2 Å². The summed E-state index contributed by atoms with van der Waals surface area (Å²) in [5, 5.41) is 0. The fourth-order valence-corrected chi connectivity index (χ4v) is 1.11. The van der Waals surface area contributed by atoms with Gasteiger partial charge in [0.25, 0.3) is 0 Å². The zero-order chi connectivity index (χ0) is 9.35. The first kappa shape index (κ1) is 8.98. The van der Waals surface area contributed by atoms with E-state index in [2.05, 4.69) is 4.98 Å². The predicted octanol–water partition coefficient (Wildman–Crippen LogP) is 1.02. The van der Waals surface area contributed by atoms with Crippen LogP contribution in [-0.2, 0) is 10.2 Å². The van der Waals surface area contributed by atoms with Crippen LogP contribution < -0.4 is 0 Å². The van der Waals surface area contributed by atoms with Gasteiger partial charge in [0.15, 0.2) is 5.82 Å². The third-order valence-electron chi connectivity index (χ3n) is 1.07. The topological polar surface area (TPSA) is 47.0 Å². The lowest BCUT2D eigenvalue weighted by Crippen LogP contribution is -2.00. The van der Waals surface area contributed by atoms with Gasteiger partial charge in [-0.3, -0.25) is 0 Å². The molecule has 0 fully saturated rings. The Kier molecular flexibility index (Phi) is 2.05. The van der Waals surface area contributed by atoms with Crippen molar-refractivity contribution in [2.24, 2.45) is 0 Å². The van der Waals surface area contributed by atoms with Crippen LogP contribution in [0.2, 0.25) is 0 Å². The maximum absolute atomic E-state index is 12.4. The second kappa shape index (κ2) is 2.74. The molecule has 0 N–H and O–H groups in total. The average molecular weight is 197 g/mol. The van der Waals surface area contributed by atoms with Gasteiger partial charge in [-0.25, -0.2) is 9.37 Å². The maximum Gasteiger partial charge on any atom is 0.335 e. The van der Waals surface area contributed by atoms with Crippen molar-refractivity contribution in [1.82, 2.24) is 4.98 Å². The molecular weight excluding hydrogens is 195 g/mol. The Hall–Kier alpha value is -1.11. The Labute approximate surface area is 66.1 Å². The van der Waals surface area contributed by atoms with Crippen molar-refractivity contribution in [3.05, 3.63) is 24.0 Å². The lowest BCUT2D eigenvalue weighted by atomic mass is 10.5. The highest BCUT2D eigenvalue weighted by Crippen LogP contribution is 2.16. The molecule has 0 radical (unpaired) electrons. The summed E-state index contributed by atoms with van der Waals surface area (Å²) in [6, 6.07) is 0.535. The molecule has 0 atom stereocenters. The smallest absolute Gasteiger partial charge is 0.226 e. The van der Waals surface area contributed by atoms with Crippen molar-refractivity contribution in [2.45, 2.75) is 4.90 Å². The lowest BCUT2D eigenvalue weighted by molar-refractivity contribution is 0.454. The molecule has 0 saturated carbocycles. The van der Waals surface area contributed by atoms with E-state index in [9.17, 15) is 21.1 Å². The number of hydrogen-bond donors (Lipinski definition) is 0. The zero-order valence-corrected chi connectivity index (χ0v) is 6.28. The Morgan fingerprint density at radius 2 is 1.92 bits per heavy atom. The Morgan fingerprint density at radius 3 is 2.33 bits per heavy atom. The van der Waals surface area contributed by atoms with Crippen LogP contribution >= 0.6 is 0 Å². The van der Waals surface area contributed by atoms with Gasteiger partial charge in [-0.2, -0.15) is 12.8 Å². The fourth-order valence-electron chi connectivity index (χ4n) is 0.590. The summed E-state index contributed by atoms with van der Waals surface area (Å²) in [6.07, 6.45) is 0.658. The van der Waals surface area contributed by atoms with Gasteiger partial charge in [0.05, 0.1) is 0 Å². The van der Waals surface area contributed by atoms with E-state index in [1.165, 1.54) is 0 Å². The molecule has 0 bridgehead atoms. The van der Waals surface area contributed by atoms with E-state index in [0.717, 1.165) is 0 Å². The zero-order valence-electron chi connectivity index (χ0n) is 5.46. The molecule has 0 unspecified atom stereocenters. The summed E-state index contributed by atoms with van der Waals surface area (Å²) in [6.45, 7) is 0. The molecule has 0 amide bonds. The Bertz CT molecular complexity index is 403. The fraction of sp³-hybridized carbons (Fsp3) is 0. The first-order valence-corrected chi connectivity index (χ1v) is 4.06. The molecule has 0 saturated heterocycles. The molecule has 1 heterocycles. The van der Waals surface area contributed by atoms with Gasteiger partial charge in [-0.1, -0.05) is 0 Å². The van der Waals surface area contributed by atoms with Crippen molar-refractivity contribution < 1.29 is 21.1 Å². The van der Waals surface area contributed by atoms with E-state index in [0.29, 0.717) is 12.3 Å². The van der Waals surface area contributed by atoms with Crippen LogP contribution in [0.5, 0.6) is 0 Å². The van der Waals surface area contributed by atoms with Crippen LogP contribution in [0.25, 0.3) is 0 Å². The first-order valence-electron chi connectivity index (χ1n) is 2.67. The molecule has 7 heteroatoms. The molecule has 0 aliphatic carbocycles. The van der Waals surface area contributed by atoms with Gasteiger partial charge in [0, 0.05) is 6.20 Å². The highest BCUT2D eigenvalue weighted by molar-refractivity contribution is 7.86. The number of rotatable bonds is 1.